The van der Waals surface area contributed by atoms with Gasteiger partial charge >= 0.3 is 0 Å². The zero-order chi connectivity index (χ0) is 15.4. The third-order valence-electron chi connectivity index (χ3n) is 4.50. The summed E-state index contributed by atoms with van der Waals surface area (Å²) < 4.78 is 2.18. The van der Waals surface area contributed by atoms with Gasteiger partial charge in [0, 0.05) is 13.2 Å². The highest BCUT2D eigenvalue weighted by atomic mass is 16.2. The Morgan fingerprint density at radius 3 is 2.45 bits per heavy atom. The first-order chi connectivity index (χ1) is 10.7. The monoisotopic (exact) mass is 298 g/mol. The van der Waals surface area contributed by atoms with Gasteiger partial charge in [0.15, 0.2) is 0 Å². The molecule has 4 nitrogen and oxygen atoms in total. The molecule has 1 aromatic carbocycles. The molecule has 0 radical (unpaired) electrons. The lowest BCUT2D eigenvalue weighted by molar-refractivity contribution is -0.918. The topological polar surface area (TPSA) is 29.7 Å². The van der Waals surface area contributed by atoms with Gasteiger partial charge in [0.05, 0.1) is 38.3 Å². The lowest BCUT2D eigenvalue weighted by Crippen LogP contribution is -3.13. The van der Waals surface area contributed by atoms with Crippen molar-refractivity contribution in [3.8, 4) is 0 Å². The number of rotatable bonds is 4. The van der Waals surface area contributed by atoms with Crippen molar-refractivity contribution in [1.82, 2.24) is 9.47 Å². The summed E-state index contributed by atoms with van der Waals surface area (Å²) >= 11 is 0. The van der Waals surface area contributed by atoms with Gasteiger partial charge in [0.25, 0.3) is 0 Å². The summed E-state index contributed by atoms with van der Waals surface area (Å²) in [7, 11) is 2.09. The SMILES string of the molecule is Cn1cccc1C[NH+]1CCN(C(=O)Cc2ccccc2)CC1. The first-order valence-electron chi connectivity index (χ1n) is 7.98. The predicted octanol–water partition coefficient (Wildman–Crippen LogP) is 0.495. The fraction of sp³-hybridized carbons (Fsp3) is 0.389. The second-order valence-electron chi connectivity index (χ2n) is 6.08. The largest absolute Gasteiger partial charge is 0.350 e. The molecule has 2 aromatic rings. The summed E-state index contributed by atoms with van der Waals surface area (Å²) in [6, 6.07) is 14.3. The van der Waals surface area contributed by atoms with Crippen LogP contribution in [0.25, 0.3) is 0 Å². The Morgan fingerprint density at radius 2 is 1.82 bits per heavy atom. The number of nitrogens with one attached hydrogen (secondary N) is 1. The van der Waals surface area contributed by atoms with Crippen molar-refractivity contribution < 1.29 is 9.69 Å². The Kier molecular flexibility index (Phi) is 4.59. The number of nitrogens with zero attached hydrogens (tertiary/aromatic N) is 2. The number of hydrogen-bond acceptors (Lipinski definition) is 1. The molecule has 1 aliphatic rings. The number of amides is 1. The second-order valence-corrected chi connectivity index (χ2v) is 6.08. The number of aromatic nitrogens is 1. The molecule has 0 spiro atoms. The Morgan fingerprint density at radius 1 is 1.09 bits per heavy atom. The molecule has 1 amide bonds. The van der Waals surface area contributed by atoms with Crippen LogP contribution in [0.1, 0.15) is 11.3 Å². The molecule has 22 heavy (non-hydrogen) atoms. The first-order valence-corrected chi connectivity index (χ1v) is 7.98. The van der Waals surface area contributed by atoms with E-state index >= 15 is 0 Å². The maximum atomic E-state index is 12.4. The summed E-state index contributed by atoms with van der Waals surface area (Å²) in [5, 5.41) is 0. The van der Waals surface area contributed by atoms with Gasteiger partial charge in [0.2, 0.25) is 5.91 Å². The van der Waals surface area contributed by atoms with E-state index in [-0.39, 0.29) is 5.91 Å². The van der Waals surface area contributed by atoms with Crippen LogP contribution in [0.15, 0.2) is 48.7 Å². The molecule has 1 aromatic heterocycles. The van der Waals surface area contributed by atoms with Gasteiger partial charge in [-0.1, -0.05) is 30.3 Å². The molecular formula is C18H24N3O+. The molecule has 4 heteroatoms. The van der Waals surface area contributed by atoms with E-state index in [1.807, 2.05) is 35.2 Å². The molecule has 2 heterocycles. The van der Waals surface area contributed by atoms with Crippen molar-refractivity contribution >= 4 is 5.91 Å². The lowest BCUT2D eigenvalue weighted by Gasteiger charge is -2.32. The molecule has 1 aliphatic heterocycles. The van der Waals surface area contributed by atoms with Crippen LogP contribution >= 0.6 is 0 Å². The number of carbonyl (C=O) groups is 1. The van der Waals surface area contributed by atoms with E-state index in [1.54, 1.807) is 4.90 Å². The van der Waals surface area contributed by atoms with Gasteiger partial charge in [-0.05, 0) is 17.7 Å². The number of benzene rings is 1. The van der Waals surface area contributed by atoms with Gasteiger partial charge in [-0.2, -0.15) is 0 Å². The van der Waals surface area contributed by atoms with E-state index < -0.39 is 0 Å². The van der Waals surface area contributed by atoms with Crippen molar-refractivity contribution in [3.05, 3.63) is 59.9 Å². The predicted molar refractivity (Wildman–Crippen MR) is 86.5 cm³/mol. The maximum Gasteiger partial charge on any atom is 0.227 e. The zero-order valence-corrected chi connectivity index (χ0v) is 13.2. The Labute approximate surface area is 132 Å². The Hall–Kier alpha value is -2.07. The minimum Gasteiger partial charge on any atom is -0.350 e. The van der Waals surface area contributed by atoms with E-state index in [0.29, 0.717) is 6.42 Å². The maximum absolute atomic E-state index is 12.4. The minimum atomic E-state index is 0.254. The summed E-state index contributed by atoms with van der Waals surface area (Å²) in [6.07, 6.45) is 2.61. The van der Waals surface area contributed by atoms with Crippen LogP contribution < -0.4 is 4.90 Å². The number of hydrogen-bond donors (Lipinski definition) is 1. The number of carbonyl (C=O) groups excluding carboxylic acids is 1. The molecule has 1 saturated heterocycles. The van der Waals surface area contributed by atoms with Crippen molar-refractivity contribution in [2.24, 2.45) is 7.05 Å². The van der Waals surface area contributed by atoms with Gasteiger partial charge in [-0.15, -0.1) is 0 Å². The molecule has 0 saturated carbocycles. The second kappa shape index (κ2) is 6.79. The highest BCUT2D eigenvalue weighted by Gasteiger charge is 2.24. The molecule has 0 unspecified atom stereocenters. The van der Waals surface area contributed by atoms with E-state index in [0.717, 1.165) is 38.3 Å². The van der Waals surface area contributed by atoms with Gasteiger partial charge in [0.1, 0.15) is 6.54 Å². The molecule has 0 aliphatic carbocycles. The molecule has 1 N–H and O–H groups in total. The molecule has 0 bridgehead atoms. The quantitative estimate of drug-likeness (QED) is 0.875. The molecular weight excluding hydrogens is 274 g/mol. The zero-order valence-electron chi connectivity index (χ0n) is 13.2. The van der Waals surface area contributed by atoms with Crippen molar-refractivity contribution in [1.29, 1.82) is 0 Å². The smallest absolute Gasteiger partial charge is 0.227 e. The summed E-state index contributed by atoms with van der Waals surface area (Å²) in [5.41, 5.74) is 2.46. The van der Waals surface area contributed by atoms with Gasteiger partial charge < -0.3 is 14.4 Å². The number of quaternary nitrogens is 1. The van der Waals surface area contributed by atoms with E-state index in [1.165, 1.54) is 5.69 Å². The Balaban J connectivity index is 1.49. The third-order valence-corrected chi connectivity index (χ3v) is 4.50. The third kappa shape index (κ3) is 3.57. The minimum absolute atomic E-state index is 0.254. The fourth-order valence-electron chi connectivity index (χ4n) is 3.07. The van der Waals surface area contributed by atoms with E-state index in [4.69, 9.17) is 0 Å². The normalized spacial score (nSPS) is 16.0. The molecule has 1 fully saturated rings. The van der Waals surface area contributed by atoms with Crippen LogP contribution in [0.5, 0.6) is 0 Å². The lowest BCUT2D eigenvalue weighted by atomic mass is 10.1. The van der Waals surface area contributed by atoms with Crippen LogP contribution in [0.2, 0.25) is 0 Å². The standard InChI is InChI=1S/C18H23N3O/c1-19-9-5-8-17(19)15-20-10-12-21(13-11-20)18(22)14-16-6-3-2-4-7-16/h2-9H,10-15H2,1H3/p+1. The van der Waals surface area contributed by atoms with Crippen LogP contribution in [0.3, 0.4) is 0 Å². The van der Waals surface area contributed by atoms with Crippen LogP contribution in [-0.4, -0.2) is 41.6 Å². The summed E-state index contributed by atoms with van der Waals surface area (Å²) in [5.74, 6) is 0.254. The fourth-order valence-corrected chi connectivity index (χ4v) is 3.07. The van der Waals surface area contributed by atoms with E-state index in [9.17, 15) is 4.79 Å². The summed E-state index contributed by atoms with van der Waals surface area (Å²) in [4.78, 5) is 15.9. The highest BCUT2D eigenvalue weighted by molar-refractivity contribution is 5.78. The van der Waals surface area contributed by atoms with Crippen LogP contribution in [0.4, 0.5) is 0 Å². The van der Waals surface area contributed by atoms with Crippen LogP contribution in [-0.2, 0) is 24.8 Å². The molecule has 0 atom stereocenters. The molecule has 3 rings (SSSR count). The average molecular weight is 298 g/mol. The van der Waals surface area contributed by atoms with Crippen molar-refractivity contribution in [2.75, 3.05) is 26.2 Å². The Bertz CT molecular complexity index is 612. The molecule has 116 valence electrons. The summed E-state index contributed by atoms with van der Waals surface area (Å²) in [6.45, 7) is 4.85. The highest BCUT2D eigenvalue weighted by Crippen LogP contribution is 2.04. The van der Waals surface area contributed by atoms with Crippen molar-refractivity contribution in [3.63, 3.8) is 0 Å². The van der Waals surface area contributed by atoms with Gasteiger partial charge in [-0.3, -0.25) is 4.79 Å². The number of aryl methyl sites for hydroxylation is 1. The number of piperazine rings is 1. The van der Waals surface area contributed by atoms with Crippen LogP contribution in [0, 0.1) is 0 Å². The first kappa shape index (κ1) is 14.9. The average Bonchev–Trinajstić information content (AvgIpc) is 2.94. The van der Waals surface area contributed by atoms with E-state index in [2.05, 4.69) is 29.9 Å². The van der Waals surface area contributed by atoms with Crippen molar-refractivity contribution in [2.45, 2.75) is 13.0 Å². The van der Waals surface area contributed by atoms with Gasteiger partial charge in [-0.25, -0.2) is 0 Å².